The van der Waals surface area contributed by atoms with E-state index in [1.54, 1.807) is 0 Å². The fraction of sp³-hybridized carbons (Fsp3) is 0.474. The van der Waals surface area contributed by atoms with Crippen LogP contribution in [0.5, 0.6) is 0 Å². The highest BCUT2D eigenvalue weighted by molar-refractivity contribution is 5.77. The van der Waals surface area contributed by atoms with E-state index in [4.69, 9.17) is 4.74 Å². The van der Waals surface area contributed by atoms with Gasteiger partial charge in [0.2, 0.25) is 5.91 Å². The number of hydrogen-bond acceptors (Lipinski definition) is 3. The third kappa shape index (κ3) is 3.22. The number of nitrogens with zero attached hydrogens (tertiary/aromatic N) is 3. The first-order valence-electron chi connectivity index (χ1n) is 8.63. The summed E-state index contributed by atoms with van der Waals surface area (Å²) in [6.45, 7) is 3.85. The third-order valence-corrected chi connectivity index (χ3v) is 5.18. The average Bonchev–Trinajstić information content (AvgIpc) is 3.22. The minimum atomic E-state index is 0.188. The van der Waals surface area contributed by atoms with Crippen molar-refractivity contribution in [2.75, 3.05) is 19.8 Å². The van der Waals surface area contributed by atoms with E-state index in [1.807, 2.05) is 40.2 Å². The Balaban J connectivity index is 1.42. The summed E-state index contributed by atoms with van der Waals surface area (Å²) in [6.07, 6.45) is 6.61. The zero-order valence-electron chi connectivity index (χ0n) is 13.9. The molecule has 4 rings (SSSR count). The third-order valence-electron chi connectivity index (χ3n) is 5.18. The quantitative estimate of drug-likeness (QED) is 0.867. The van der Waals surface area contributed by atoms with Crippen LogP contribution in [0, 0.1) is 5.41 Å². The summed E-state index contributed by atoms with van der Waals surface area (Å²) >= 11 is 0. The van der Waals surface area contributed by atoms with Crippen LogP contribution in [-0.2, 0) is 22.6 Å². The first-order chi connectivity index (χ1) is 11.7. The molecule has 3 heterocycles. The normalized spacial score (nSPS) is 24.0. The predicted octanol–water partition coefficient (Wildman–Crippen LogP) is 2.46. The number of amides is 1. The van der Waals surface area contributed by atoms with Crippen LogP contribution in [0.1, 0.15) is 30.4 Å². The topological polar surface area (TPSA) is 47.4 Å². The Morgan fingerprint density at radius 3 is 2.79 bits per heavy atom. The van der Waals surface area contributed by atoms with E-state index in [9.17, 15) is 4.79 Å². The van der Waals surface area contributed by atoms with Gasteiger partial charge in [0.15, 0.2) is 0 Å². The number of aromatic nitrogens is 2. The predicted molar refractivity (Wildman–Crippen MR) is 90.3 cm³/mol. The molecular weight excluding hydrogens is 302 g/mol. The molecule has 5 heteroatoms. The van der Waals surface area contributed by atoms with Gasteiger partial charge in [0, 0.05) is 43.3 Å². The summed E-state index contributed by atoms with van der Waals surface area (Å²) in [7, 11) is 0. The lowest BCUT2D eigenvalue weighted by Crippen LogP contribution is -2.46. The highest BCUT2D eigenvalue weighted by Crippen LogP contribution is 2.38. The van der Waals surface area contributed by atoms with Crippen molar-refractivity contribution < 1.29 is 9.53 Å². The summed E-state index contributed by atoms with van der Waals surface area (Å²) in [5.41, 5.74) is 2.51. The Labute approximate surface area is 142 Å². The Morgan fingerprint density at radius 2 is 2.00 bits per heavy atom. The monoisotopic (exact) mass is 325 g/mol. The Kier molecular flexibility index (Phi) is 4.10. The maximum Gasteiger partial charge on any atom is 0.222 e. The van der Waals surface area contributed by atoms with Gasteiger partial charge in [-0.15, -0.1) is 0 Å². The van der Waals surface area contributed by atoms with E-state index in [0.29, 0.717) is 13.0 Å². The molecular formula is C19H23N3O2. The molecule has 126 valence electrons. The number of benzene rings is 1. The van der Waals surface area contributed by atoms with Gasteiger partial charge in [0.25, 0.3) is 0 Å². The second kappa shape index (κ2) is 6.40. The van der Waals surface area contributed by atoms with Gasteiger partial charge in [0.1, 0.15) is 0 Å². The number of carbonyl (C=O) groups excluding carboxylic acids is 1. The van der Waals surface area contributed by atoms with E-state index in [-0.39, 0.29) is 11.3 Å². The molecule has 1 aromatic heterocycles. The summed E-state index contributed by atoms with van der Waals surface area (Å²) < 4.78 is 7.53. The van der Waals surface area contributed by atoms with Gasteiger partial charge in [-0.3, -0.25) is 9.48 Å². The molecule has 1 unspecified atom stereocenters. The lowest BCUT2D eigenvalue weighted by Gasteiger charge is -2.39. The number of ether oxygens (including phenoxy) is 1. The first-order valence-corrected chi connectivity index (χ1v) is 8.63. The average molecular weight is 325 g/mol. The molecule has 0 saturated carbocycles. The van der Waals surface area contributed by atoms with Crippen molar-refractivity contribution in [3.63, 3.8) is 0 Å². The number of carbonyl (C=O) groups is 1. The molecule has 24 heavy (non-hydrogen) atoms. The van der Waals surface area contributed by atoms with Crippen LogP contribution in [0.3, 0.4) is 0 Å². The Hall–Kier alpha value is -2.14. The lowest BCUT2D eigenvalue weighted by atomic mass is 9.79. The summed E-state index contributed by atoms with van der Waals surface area (Å²) in [6, 6.07) is 10.3. The molecule has 2 aliphatic heterocycles. The minimum absolute atomic E-state index is 0.188. The molecule has 0 bridgehead atoms. The maximum absolute atomic E-state index is 12.3. The standard InChI is InChI=1S/C19H23N3O2/c23-18-6-7-19(8-9-24-15-19)14-21(18)11-17-10-20-22(13-17)12-16-4-2-1-3-5-16/h1-5,10,13H,6-9,11-12,14-15H2. The zero-order chi connectivity index (χ0) is 16.4. The molecule has 2 fully saturated rings. The molecule has 0 radical (unpaired) electrons. The number of rotatable bonds is 4. The van der Waals surface area contributed by atoms with Gasteiger partial charge in [-0.2, -0.15) is 5.10 Å². The van der Waals surface area contributed by atoms with Crippen LogP contribution in [-0.4, -0.2) is 40.3 Å². The van der Waals surface area contributed by atoms with Crippen LogP contribution in [0.2, 0.25) is 0 Å². The van der Waals surface area contributed by atoms with Crippen LogP contribution < -0.4 is 0 Å². The van der Waals surface area contributed by atoms with E-state index >= 15 is 0 Å². The van der Waals surface area contributed by atoms with Crippen LogP contribution in [0.4, 0.5) is 0 Å². The van der Waals surface area contributed by atoms with Crippen molar-refractivity contribution in [3.05, 3.63) is 53.9 Å². The maximum atomic E-state index is 12.3. The number of likely N-dealkylation sites (tertiary alicyclic amines) is 1. The molecule has 1 aromatic carbocycles. The SMILES string of the molecule is O=C1CCC2(CCOC2)CN1Cc1cnn(Cc2ccccc2)c1. The first kappa shape index (κ1) is 15.4. The van der Waals surface area contributed by atoms with E-state index in [0.717, 1.165) is 44.7 Å². The number of hydrogen-bond donors (Lipinski definition) is 0. The number of piperidine rings is 1. The Morgan fingerprint density at radius 1 is 1.12 bits per heavy atom. The van der Waals surface area contributed by atoms with Crippen LogP contribution in [0.25, 0.3) is 0 Å². The van der Waals surface area contributed by atoms with Crippen LogP contribution in [0.15, 0.2) is 42.7 Å². The van der Waals surface area contributed by atoms with Gasteiger partial charge in [-0.25, -0.2) is 0 Å². The molecule has 1 spiro atoms. The van der Waals surface area contributed by atoms with Crippen molar-refractivity contribution in [2.45, 2.75) is 32.4 Å². The fourth-order valence-electron chi connectivity index (χ4n) is 3.78. The molecule has 2 aliphatic rings. The molecule has 5 nitrogen and oxygen atoms in total. The molecule has 1 atom stereocenters. The summed E-state index contributed by atoms with van der Waals surface area (Å²) in [5, 5.41) is 4.45. The van der Waals surface area contributed by atoms with Crippen molar-refractivity contribution in [1.82, 2.24) is 14.7 Å². The van der Waals surface area contributed by atoms with Crippen molar-refractivity contribution in [1.29, 1.82) is 0 Å². The second-order valence-corrected chi connectivity index (χ2v) is 7.08. The van der Waals surface area contributed by atoms with Gasteiger partial charge in [-0.1, -0.05) is 30.3 Å². The van der Waals surface area contributed by atoms with Crippen molar-refractivity contribution in [2.24, 2.45) is 5.41 Å². The smallest absolute Gasteiger partial charge is 0.222 e. The van der Waals surface area contributed by atoms with E-state index < -0.39 is 0 Å². The Bertz CT molecular complexity index is 704. The summed E-state index contributed by atoms with van der Waals surface area (Å²) in [5.74, 6) is 0.253. The van der Waals surface area contributed by atoms with Crippen LogP contribution >= 0.6 is 0 Å². The van der Waals surface area contributed by atoms with Crippen molar-refractivity contribution >= 4 is 5.91 Å². The highest BCUT2D eigenvalue weighted by Gasteiger charge is 2.41. The van der Waals surface area contributed by atoms with Gasteiger partial charge < -0.3 is 9.64 Å². The van der Waals surface area contributed by atoms with E-state index in [2.05, 4.69) is 17.2 Å². The van der Waals surface area contributed by atoms with Gasteiger partial charge >= 0.3 is 0 Å². The zero-order valence-corrected chi connectivity index (χ0v) is 13.9. The molecule has 0 N–H and O–H groups in total. The highest BCUT2D eigenvalue weighted by atomic mass is 16.5. The molecule has 1 amide bonds. The van der Waals surface area contributed by atoms with E-state index in [1.165, 1.54) is 5.56 Å². The molecule has 0 aliphatic carbocycles. The molecule has 2 aromatic rings. The largest absolute Gasteiger partial charge is 0.381 e. The van der Waals surface area contributed by atoms with Gasteiger partial charge in [0.05, 0.1) is 19.3 Å². The second-order valence-electron chi connectivity index (χ2n) is 7.08. The fourth-order valence-corrected chi connectivity index (χ4v) is 3.78. The van der Waals surface area contributed by atoms with Crippen molar-refractivity contribution in [3.8, 4) is 0 Å². The minimum Gasteiger partial charge on any atom is -0.381 e. The summed E-state index contributed by atoms with van der Waals surface area (Å²) in [4.78, 5) is 14.3. The molecule has 2 saturated heterocycles. The lowest BCUT2D eigenvalue weighted by molar-refractivity contribution is -0.138. The van der Waals surface area contributed by atoms with Gasteiger partial charge in [-0.05, 0) is 18.4 Å².